The normalized spacial score (nSPS) is 25.1. The van der Waals surface area contributed by atoms with Crippen molar-refractivity contribution in [2.75, 3.05) is 49.8 Å². The zero-order valence-corrected chi connectivity index (χ0v) is 22.4. The topological polar surface area (TPSA) is 144 Å². The highest BCUT2D eigenvalue weighted by molar-refractivity contribution is 6.36. The average Bonchev–Trinajstić information content (AvgIpc) is 3.33. The molecule has 12 heteroatoms. The molecule has 2 fully saturated rings. The summed E-state index contributed by atoms with van der Waals surface area (Å²) in [6, 6.07) is 6.98. The molecule has 2 N–H and O–H groups in total. The largest absolute Gasteiger partial charge is 0.463 e. The van der Waals surface area contributed by atoms with E-state index >= 15 is 0 Å². The molecule has 0 aromatic heterocycles. The molecule has 12 nitrogen and oxygen atoms in total. The van der Waals surface area contributed by atoms with Crippen LogP contribution in [-0.2, 0) is 28.6 Å². The highest BCUT2D eigenvalue weighted by atomic mass is 16.5. The van der Waals surface area contributed by atoms with E-state index < -0.39 is 24.0 Å². The van der Waals surface area contributed by atoms with Crippen molar-refractivity contribution in [1.29, 1.82) is 0 Å². The maximum Gasteiger partial charge on any atom is 0.331 e. The fourth-order valence-electron chi connectivity index (χ4n) is 4.79. The maximum absolute atomic E-state index is 13.3. The van der Waals surface area contributed by atoms with Crippen molar-refractivity contribution >= 4 is 46.4 Å². The number of nitrogens with zero attached hydrogens (tertiary/aromatic N) is 4. The Kier molecular flexibility index (Phi) is 7.83. The number of hydrogen-bond donors (Lipinski definition) is 2. The van der Waals surface area contributed by atoms with Crippen LogP contribution in [0.25, 0.3) is 0 Å². The number of allylic oxidation sites excluding steroid dienone is 5. The number of ether oxygens (including phenoxy) is 3. The molecule has 1 aromatic carbocycles. The summed E-state index contributed by atoms with van der Waals surface area (Å²) in [5.41, 5.74) is 3.81. The molecular weight excluding hydrogens is 518 g/mol. The average molecular weight is 549 g/mol. The quantitative estimate of drug-likeness (QED) is 0.513. The van der Waals surface area contributed by atoms with Gasteiger partial charge in [0.25, 0.3) is 17.7 Å². The number of benzene rings is 1. The number of anilines is 2. The predicted octanol–water partition coefficient (Wildman–Crippen LogP) is -0.562. The molecule has 3 heterocycles. The van der Waals surface area contributed by atoms with Crippen molar-refractivity contribution in [3.63, 3.8) is 0 Å². The first-order chi connectivity index (χ1) is 19.3. The Morgan fingerprint density at radius 2 is 1.93 bits per heavy atom. The lowest BCUT2D eigenvalue weighted by Crippen LogP contribution is -2.69. The van der Waals surface area contributed by atoms with Gasteiger partial charge in [-0.25, -0.2) is 9.98 Å². The van der Waals surface area contributed by atoms with Gasteiger partial charge in [-0.1, -0.05) is 6.07 Å². The zero-order chi connectivity index (χ0) is 28.4. The van der Waals surface area contributed by atoms with E-state index in [1.54, 1.807) is 54.5 Å². The first kappa shape index (κ1) is 27.3. The molecule has 0 radical (unpaired) electrons. The van der Waals surface area contributed by atoms with E-state index in [2.05, 4.69) is 15.0 Å². The van der Waals surface area contributed by atoms with Crippen molar-refractivity contribution in [1.82, 2.24) is 0 Å². The standard InChI is InChI=1S/C28H29N5O7/c1-16-13-18(7-8-21(16)25-29-17(2)27(31-25)38-3)30-26(36)23(35)24-28(37)33(10-12-40-24)20-6-4-5-19(14-20)32-9-11-39-15-22(32)34/h4-8,13-14,23-24,35H,9-12,15H2,1-3H3/p+1. The summed E-state index contributed by atoms with van der Waals surface area (Å²) >= 11 is 0. The molecule has 4 aliphatic rings. The summed E-state index contributed by atoms with van der Waals surface area (Å²) in [4.78, 5) is 53.1. The lowest BCUT2D eigenvalue weighted by molar-refractivity contribution is -0.404. The minimum absolute atomic E-state index is 0.000108. The Balaban J connectivity index is 1.30. The van der Waals surface area contributed by atoms with Gasteiger partial charge in [0, 0.05) is 31.4 Å². The number of aliphatic imine (C=N–C) groups is 2. The number of methoxy groups -OCH3 is 1. The van der Waals surface area contributed by atoms with Crippen molar-refractivity contribution in [2.24, 2.45) is 9.98 Å². The maximum atomic E-state index is 13.3. The molecule has 2 unspecified atom stereocenters. The molecular formula is C28H30N5O7+. The summed E-state index contributed by atoms with van der Waals surface area (Å²) in [5, 5.41) is 10.8. The zero-order valence-electron chi connectivity index (χ0n) is 22.4. The van der Waals surface area contributed by atoms with Gasteiger partial charge in [0.2, 0.25) is 5.71 Å². The SMILES string of the molecule is COC1=[NH+]C(=C2C=CC(=NC(=O)C(O)C3OCCN(c4cccc(N5CCOCC5=O)c4)C3=O)C=C2C)N=C1C. The van der Waals surface area contributed by atoms with Crippen LogP contribution in [0.5, 0.6) is 0 Å². The van der Waals surface area contributed by atoms with E-state index in [4.69, 9.17) is 14.2 Å². The van der Waals surface area contributed by atoms with Gasteiger partial charge < -0.3 is 29.1 Å². The van der Waals surface area contributed by atoms with Gasteiger partial charge in [-0.15, -0.1) is 0 Å². The van der Waals surface area contributed by atoms with Crippen molar-refractivity contribution in [3.05, 3.63) is 59.5 Å². The lowest BCUT2D eigenvalue weighted by Gasteiger charge is -2.34. The number of nitrogens with one attached hydrogen (secondary N) is 1. The first-order valence-electron chi connectivity index (χ1n) is 12.8. The fourth-order valence-corrected chi connectivity index (χ4v) is 4.79. The summed E-state index contributed by atoms with van der Waals surface area (Å²) in [6.45, 7) is 4.85. The van der Waals surface area contributed by atoms with Crippen molar-refractivity contribution in [3.8, 4) is 0 Å². The van der Waals surface area contributed by atoms with Gasteiger partial charge in [-0.05, 0) is 53.9 Å². The summed E-state index contributed by atoms with van der Waals surface area (Å²) in [7, 11) is 1.56. The monoisotopic (exact) mass is 548 g/mol. The number of aliphatic hydroxyl groups excluding tert-OH is 1. The molecule has 3 aliphatic heterocycles. The Morgan fingerprint density at radius 1 is 1.18 bits per heavy atom. The lowest BCUT2D eigenvalue weighted by atomic mass is 10.00. The number of carbonyl (C=O) groups excluding carboxylic acids is 3. The molecule has 0 bridgehead atoms. The number of rotatable bonds is 4. The van der Waals surface area contributed by atoms with Crippen LogP contribution in [0.1, 0.15) is 13.8 Å². The third kappa shape index (κ3) is 5.41. The van der Waals surface area contributed by atoms with Crippen LogP contribution in [0.15, 0.2) is 69.4 Å². The van der Waals surface area contributed by atoms with E-state index in [9.17, 15) is 19.5 Å². The Morgan fingerprint density at radius 3 is 2.62 bits per heavy atom. The van der Waals surface area contributed by atoms with Crippen LogP contribution in [0.2, 0.25) is 0 Å². The summed E-state index contributed by atoms with van der Waals surface area (Å²) < 4.78 is 16.0. The van der Waals surface area contributed by atoms with Gasteiger partial charge in [0.15, 0.2) is 12.2 Å². The highest BCUT2D eigenvalue weighted by Crippen LogP contribution is 2.27. The molecule has 2 atom stereocenters. The van der Waals surface area contributed by atoms with Crippen LogP contribution in [0.4, 0.5) is 11.4 Å². The van der Waals surface area contributed by atoms with Gasteiger partial charge in [0.05, 0.1) is 31.6 Å². The first-order valence-corrected chi connectivity index (χ1v) is 12.8. The Bertz CT molecular complexity index is 1440. The van der Waals surface area contributed by atoms with Crippen LogP contribution >= 0.6 is 0 Å². The van der Waals surface area contributed by atoms with E-state index in [1.807, 2.05) is 13.8 Å². The number of amides is 3. The fraction of sp³-hybridized carbons (Fsp3) is 0.357. The van der Waals surface area contributed by atoms with Crippen molar-refractivity contribution < 1.29 is 38.7 Å². The Labute approximate surface area is 230 Å². The molecule has 3 amide bonds. The van der Waals surface area contributed by atoms with Gasteiger partial charge in [-0.2, -0.15) is 0 Å². The number of carbonyl (C=O) groups is 3. The number of morpholine rings is 2. The van der Waals surface area contributed by atoms with E-state index in [0.717, 1.165) is 16.9 Å². The number of aliphatic hydroxyl groups is 1. The molecule has 1 aliphatic carbocycles. The third-order valence-electron chi connectivity index (χ3n) is 6.85. The summed E-state index contributed by atoms with van der Waals surface area (Å²) in [5.74, 6) is -0.446. The third-order valence-corrected chi connectivity index (χ3v) is 6.85. The second-order valence-electron chi connectivity index (χ2n) is 9.50. The van der Waals surface area contributed by atoms with Gasteiger partial charge in [-0.3, -0.25) is 14.4 Å². The second kappa shape index (κ2) is 11.5. The van der Waals surface area contributed by atoms with Gasteiger partial charge in [0.1, 0.15) is 6.61 Å². The second-order valence-corrected chi connectivity index (χ2v) is 9.50. The molecule has 5 rings (SSSR count). The summed E-state index contributed by atoms with van der Waals surface area (Å²) in [6.07, 6.45) is 1.88. The minimum atomic E-state index is -1.80. The molecule has 40 heavy (non-hydrogen) atoms. The molecule has 2 saturated heterocycles. The molecule has 1 aromatic rings. The van der Waals surface area contributed by atoms with E-state index in [1.165, 1.54) is 4.90 Å². The van der Waals surface area contributed by atoms with Crippen LogP contribution in [0, 0.1) is 0 Å². The van der Waals surface area contributed by atoms with Crippen LogP contribution < -0.4 is 14.8 Å². The van der Waals surface area contributed by atoms with E-state index in [-0.39, 0.29) is 25.7 Å². The van der Waals surface area contributed by atoms with E-state index in [0.29, 0.717) is 42.0 Å². The highest BCUT2D eigenvalue weighted by Gasteiger charge is 2.39. The minimum Gasteiger partial charge on any atom is -0.463 e. The van der Waals surface area contributed by atoms with Crippen LogP contribution in [-0.4, -0.2) is 92.4 Å². The van der Waals surface area contributed by atoms with Gasteiger partial charge >= 0.3 is 11.7 Å². The molecule has 0 spiro atoms. The molecule has 0 saturated carbocycles. The van der Waals surface area contributed by atoms with Crippen molar-refractivity contribution in [2.45, 2.75) is 26.1 Å². The predicted molar refractivity (Wildman–Crippen MR) is 146 cm³/mol. The molecule has 208 valence electrons. The smallest absolute Gasteiger partial charge is 0.331 e. The number of hydrogen-bond acceptors (Lipinski definition) is 8. The Hall–Kier alpha value is -4.26. The van der Waals surface area contributed by atoms with Crippen LogP contribution in [0.3, 0.4) is 0 Å².